The number of methoxy groups -OCH3 is 1. The SMILES string of the molecule is COc1ccc(-n2c(SCC(=O)NN=CC=Cc3ccccc3[N+](=O)[O-])nnc2-c2ccccc2)cc1. The van der Waals surface area contributed by atoms with E-state index in [1.54, 1.807) is 31.4 Å². The second kappa shape index (κ2) is 12.3. The van der Waals surface area contributed by atoms with Gasteiger partial charge in [-0.3, -0.25) is 19.5 Å². The number of nitro benzene ring substituents is 1. The van der Waals surface area contributed by atoms with Gasteiger partial charge < -0.3 is 4.74 Å². The van der Waals surface area contributed by atoms with Crippen LogP contribution in [0.2, 0.25) is 0 Å². The summed E-state index contributed by atoms with van der Waals surface area (Å²) in [5.74, 6) is 1.08. The number of ether oxygens (including phenoxy) is 1. The lowest BCUT2D eigenvalue weighted by Gasteiger charge is -2.11. The van der Waals surface area contributed by atoms with Crippen molar-refractivity contribution in [3.05, 3.63) is 101 Å². The van der Waals surface area contributed by atoms with Crippen LogP contribution in [0.1, 0.15) is 5.56 Å². The highest BCUT2D eigenvalue weighted by atomic mass is 32.2. The van der Waals surface area contributed by atoms with Gasteiger partial charge in [0.1, 0.15) is 5.75 Å². The number of aromatic nitrogens is 3. The second-order valence-electron chi connectivity index (χ2n) is 7.48. The van der Waals surface area contributed by atoms with Crippen LogP contribution < -0.4 is 10.2 Å². The van der Waals surface area contributed by atoms with Crippen LogP contribution in [0.25, 0.3) is 23.2 Å². The van der Waals surface area contributed by atoms with E-state index in [2.05, 4.69) is 20.7 Å². The molecule has 0 fully saturated rings. The Morgan fingerprint density at radius 2 is 1.81 bits per heavy atom. The molecular weight excluding hydrogens is 492 g/mol. The van der Waals surface area contributed by atoms with Crippen molar-refractivity contribution >= 4 is 35.6 Å². The average molecular weight is 515 g/mol. The van der Waals surface area contributed by atoms with E-state index in [0.717, 1.165) is 17.0 Å². The van der Waals surface area contributed by atoms with E-state index < -0.39 is 4.92 Å². The molecule has 1 aromatic heterocycles. The molecule has 0 saturated carbocycles. The van der Waals surface area contributed by atoms with Gasteiger partial charge in [0.15, 0.2) is 11.0 Å². The van der Waals surface area contributed by atoms with Crippen molar-refractivity contribution in [1.29, 1.82) is 0 Å². The van der Waals surface area contributed by atoms with Gasteiger partial charge in [-0.05, 0) is 42.5 Å². The number of rotatable bonds is 10. The van der Waals surface area contributed by atoms with Crippen LogP contribution in [0.5, 0.6) is 5.75 Å². The van der Waals surface area contributed by atoms with Crippen LogP contribution >= 0.6 is 11.8 Å². The van der Waals surface area contributed by atoms with Crippen LogP contribution in [0.15, 0.2) is 95.2 Å². The summed E-state index contributed by atoms with van der Waals surface area (Å²) in [6.45, 7) is 0. The minimum Gasteiger partial charge on any atom is -0.497 e. The molecule has 11 heteroatoms. The van der Waals surface area contributed by atoms with E-state index in [9.17, 15) is 14.9 Å². The fraction of sp³-hybridized carbons (Fsp3) is 0.0769. The molecule has 0 saturated heterocycles. The van der Waals surface area contributed by atoms with Gasteiger partial charge >= 0.3 is 0 Å². The monoisotopic (exact) mass is 514 g/mol. The van der Waals surface area contributed by atoms with E-state index in [4.69, 9.17) is 4.74 Å². The van der Waals surface area contributed by atoms with Gasteiger partial charge in [0.05, 0.1) is 23.3 Å². The summed E-state index contributed by atoms with van der Waals surface area (Å²) < 4.78 is 7.14. The Morgan fingerprint density at radius 1 is 1.08 bits per heavy atom. The molecule has 0 aliphatic carbocycles. The number of para-hydroxylation sites is 1. The van der Waals surface area contributed by atoms with Gasteiger partial charge in [-0.2, -0.15) is 5.10 Å². The number of hydrogen-bond acceptors (Lipinski definition) is 8. The molecule has 4 rings (SSSR count). The normalized spacial score (nSPS) is 11.2. The highest BCUT2D eigenvalue weighted by molar-refractivity contribution is 7.99. The summed E-state index contributed by atoms with van der Waals surface area (Å²) in [6, 6.07) is 23.5. The third kappa shape index (κ3) is 6.47. The van der Waals surface area contributed by atoms with Gasteiger partial charge in [-0.15, -0.1) is 10.2 Å². The Labute approximate surface area is 216 Å². The fourth-order valence-corrected chi connectivity index (χ4v) is 4.10. The van der Waals surface area contributed by atoms with Gasteiger partial charge in [-0.25, -0.2) is 5.43 Å². The quantitative estimate of drug-likeness (QED) is 0.140. The Balaban J connectivity index is 1.43. The van der Waals surface area contributed by atoms with E-state index in [0.29, 0.717) is 16.5 Å². The highest BCUT2D eigenvalue weighted by Crippen LogP contribution is 2.28. The Morgan fingerprint density at radius 3 is 2.54 bits per heavy atom. The maximum Gasteiger partial charge on any atom is 0.276 e. The number of nitro groups is 1. The number of thioether (sulfide) groups is 1. The Kier molecular flexibility index (Phi) is 8.40. The number of amides is 1. The third-order valence-electron chi connectivity index (χ3n) is 5.09. The van der Waals surface area contributed by atoms with Crippen molar-refractivity contribution in [2.24, 2.45) is 5.10 Å². The molecule has 186 valence electrons. The van der Waals surface area contributed by atoms with E-state index in [-0.39, 0.29) is 17.3 Å². The molecule has 1 heterocycles. The first-order valence-corrected chi connectivity index (χ1v) is 12.1. The predicted molar refractivity (Wildman–Crippen MR) is 143 cm³/mol. The first-order valence-electron chi connectivity index (χ1n) is 11.1. The molecule has 0 aliphatic heterocycles. The third-order valence-corrected chi connectivity index (χ3v) is 6.02. The lowest BCUT2D eigenvalue weighted by atomic mass is 10.2. The molecule has 10 nitrogen and oxygen atoms in total. The van der Waals surface area contributed by atoms with Crippen LogP contribution in [0, 0.1) is 10.1 Å². The summed E-state index contributed by atoms with van der Waals surface area (Å²) in [5.41, 5.74) is 4.58. The number of benzene rings is 3. The summed E-state index contributed by atoms with van der Waals surface area (Å²) in [6.07, 6.45) is 4.42. The van der Waals surface area contributed by atoms with Gasteiger partial charge in [0.2, 0.25) is 0 Å². The van der Waals surface area contributed by atoms with Crippen LogP contribution in [-0.2, 0) is 4.79 Å². The fourth-order valence-electron chi connectivity index (χ4n) is 3.36. The lowest BCUT2D eigenvalue weighted by molar-refractivity contribution is -0.385. The summed E-state index contributed by atoms with van der Waals surface area (Å²) in [7, 11) is 1.60. The zero-order valence-electron chi connectivity index (χ0n) is 19.7. The molecule has 1 N–H and O–H groups in total. The van der Waals surface area contributed by atoms with Crippen LogP contribution in [0.3, 0.4) is 0 Å². The van der Waals surface area contributed by atoms with Gasteiger partial charge in [-0.1, -0.05) is 54.2 Å². The molecule has 1 amide bonds. The van der Waals surface area contributed by atoms with Crippen LogP contribution in [0.4, 0.5) is 5.69 Å². The van der Waals surface area contributed by atoms with Gasteiger partial charge in [0, 0.05) is 23.5 Å². The number of nitrogens with zero attached hydrogens (tertiary/aromatic N) is 5. The van der Waals surface area contributed by atoms with E-state index in [1.807, 2.05) is 59.2 Å². The van der Waals surface area contributed by atoms with Gasteiger partial charge in [0.25, 0.3) is 11.6 Å². The predicted octanol–water partition coefficient (Wildman–Crippen LogP) is 4.76. The Bertz CT molecular complexity index is 1440. The average Bonchev–Trinajstić information content (AvgIpc) is 3.36. The first-order chi connectivity index (χ1) is 18.1. The van der Waals surface area contributed by atoms with Crippen LogP contribution in [-0.4, -0.2) is 44.7 Å². The van der Waals surface area contributed by atoms with Crippen molar-refractivity contribution in [3.63, 3.8) is 0 Å². The largest absolute Gasteiger partial charge is 0.497 e. The smallest absolute Gasteiger partial charge is 0.276 e. The number of allylic oxidation sites excluding steroid dienone is 1. The first kappa shape index (κ1) is 25.3. The molecule has 4 aromatic rings. The molecule has 0 bridgehead atoms. The molecule has 0 aliphatic rings. The maximum atomic E-state index is 12.4. The minimum absolute atomic E-state index is 0.0107. The highest BCUT2D eigenvalue weighted by Gasteiger charge is 2.17. The minimum atomic E-state index is -0.455. The molecule has 0 radical (unpaired) electrons. The zero-order valence-corrected chi connectivity index (χ0v) is 20.5. The molecule has 0 unspecified atom stereocenters. The summed E-state index contributed by atoms with van der Waals surface area (Å²) in [5, 5.41) is 24.2. The summed E-state index contributed by atoms with van der Waals surface area (Å²) >= 11 is 1.22. The van der Waals surface area contributed by atoms with Crippen molar-refractivity contribution in [1.82, 2.24) is 20.2 Å². The lowest BCUT2D eigenvalue weighted by Crippen LogP contribution is -2.19. The number of nitrogens with one attached hydrogen (secondary N) is 1. The molecular formula is C26H22N6O4S. The molecule has 0 spiro atoms. The topological polar surface area (TPSA) is 125 Å². The maximum absolute atomic E-state index is 12.4. The Hall–Kier alpha value is -4.77. The standard InChI is InChI=1S/C26H22N6O4S/c1-36-22-15-13-21(14-16-22)31-25(20-9-3-2-4-10-20)29-30-26(31)37-18-24(33)28-27-17-7-11-19-8-5-6-12-23(19)32(34)35/h2-17H,18H2,1H3,(H,28,33). The molecule has 0 atom stereocenters. The van der Waals surface area contributed by atoms with Crippen molar-refractivity contribution in [2.75, 3.05) is 12.9 Å². The van der Waals surface area contributed by atoms with Crippen molar-refractivity contribution in [3.8, 4) is 22.8 Å². The van der Waals surface area contributed by atoms with Crippen molar-refractivity contribution in [2.45, 2.75) is 5.16 Å². The number of hydrazone groups is 1. The zero-order chi connectivity index (χ0) is 26.0. The number of carbonyl (C=O) groups excluding carboxylic acids is 1. The number of carbonyl (C=O) groups is 1. The molecule has 37 heavy (non-hydrogen) atoms. The van der Waals surface area contributed by atoms with E-state index >= 15 is 0 Å². The molecule has 3 aromatic carbocycles. The summed E-state index contributed by atoms with van der Waals surface area (Å²) in [4.78, 5) is 23.0. The second-order valence-corrected chi connectivity index (χ2v) is 8.43. The van der Waals surface area contributed by atoms with Crippen molar-refractivity contribution < 1.29 is 14.5 Å². The van der Waals surface area contributed by atoms with E-state index in [1.165, 1.54) is 30.1 Å². The number of hydrogen-bond donors (Lipinski definition) is 1.